The molecule has 0 aliphatic rings. The topological polar surface area (TPSA) is 0 Å². The first-order valence-electron chi connectivity index (χ1n) is 8.25. The summed E-state index contributed by atoms with van der Waals surface area (Å²) in [7, 11) is 0. The second-order valence-corrected chi connectivity index (χ2v) is 6.16. The molecule has 0 radical (unpaired) electrons. The van der Waals surface area contributed by atoms with Crippen LogP contribution in [0, 0.1) is 0 Å². The lowest BCUT2D eigenvalue weighted by Crippen LogP contribution is -2.20. The molecule has 0 bridgehead atoms. The molecule has 1 atom stereocenters. The van der Waals surface area contributed by atoms with E-state index in [4.69, 9.17) is 0 Å². The SMILES string of the molecule is C=C(c1ccccc1)C(C)(/C=C/c1ccccc1)c1ccccc1. The molecule has 0 heteroatoms. The van der Waals surface area contributed by atoms with Gasteiger partial charge in [-0.05, 0) is 29.2 Å². The van der Waals surface area contributed by atoms with E-state index >= 15 is 0 Å². The zero-order valence-corrected chi connectivity index (χ0v) is 14.0. The highest BCUT2D eigenvalue weighted by Gasteiger charge is 2.27. The van der Waals surface area contributed by atoms with E-state index in [1.807, 2.05) is 12.1 Å². The van der Waals surface area contributed by atoms with Crippen LogP contribution in [-0.4, -0.2) is 0 Å². The summed E-state index contributed by atoms with van der Waals surface area (Å²) in [6.07, 6.45) is 4.44. The van der Waals surface area contributed by atoms with Crippen LogP contribution >= 0.6 is 0 Å². The third-order valence-corrected chi connectivity index (χ3v) is 4.53. The Bertz CT molecular complexity index is 814. The van der Waals surface area contributed by atoms with Gasteiger partial charge in [0.15, 0.2) is 0 Å². The predicted molar refractivity (Wildman–Crippen MR) is 105 cm³/mol. The third kappa shape index (κ3) is 3.38. The van der Waals surface area contributed by atoms with Crippen molar-refractivity contribution in [1.82, 2.24) is 0 Å². The smallest absolute Gasteiger partial charge is 0.0357 e. The number of allylic oxidation sites excluding steroid dienone is 2. The predicted octanol–water partition coefficient (Wildman–Crippen LogP) is 6.37. The standard InChI is InChI=1S/C24H22/c1-20(22-14-8-4-9-15-22)24(2,23-16-10-5-11-17-23)19-18-21-12-6-3-7-13-21/h3-19H,1H2,2H3/b19-18+. The number of rotatable bonds is 5. The van der Waals surface area contributed by atoms with Crippen LogP contribution in [0.3, 0.4) is 0 Å². The third-order valence-electron chi connectivity index (χ3n) is 4.53. The molecule has 0 aliphatic heterocycles. The van der Waals surface area contributed by atoms with Crippen LogP contribution in [0.5, 0.6) is 0 Å². The highest BCUT2D eigenvalue weighted by molar-refractivity contribution is 5.77. The van der Waals surface area contributed by atoms with E-state index in [0.717, 1.165) is 5.57 Å². The van der Waals surface area contributed by atoms with Gasteiger partial charge >= 0.3 is 0 Å². The van der Waals surface area contributed by atoms with E-state index in [1.54, 1.807) is 0 Å². The van der Waals surface area contributed by atoms with E-state index in [9.17, 15) is 0 Å². The van der Waals surface area contributed by atoms with Gasteiger partial charge < -0.3 is 0 Å². The normalized spacial score (nSPS) is 13.5. The van der Waals surface area contributed by atoms with Crippen molar-refractivity contribution in [2.24, 2.45) is 0 Å². The molecule has 0 spiro atoms. The van der Waals surface area contributed by atoms with Gasteiger partial charge in [0.1, 0.15) is 0 Å². The summed E-state index contributed by atoms with van der Waals surface area (Å²) in [6, 6.07) is 31.4. The van der Waals surface area contributed by atoms with Crippen molar-refractivity contribution in [3.8, 4) is 0 Å². The second kappa shape index (κ2) is 7.14. The van der Waals surface area contributed by atoms with Gasteiger partial charge in [0.25, 0.3) is 0 Å². The maximum absolute atomic E-state index is 4.43. The summed E-state index contributed by atoms with van der Waals surface area (Å²) in [5.74, 6) is 0. The Morgan fingerprint density at radius 2 is 1.25 bits per heavy atom. The highest BCUT2D eigenvalue weighted by atomic mass is 14.3. The van der Waals surface area contributed by atoms with Crippen molar-refractivity contribution >= 4 is 11.6 Å². The highest BCUT2D eigenvalue weighted by Crippen LogP contribution is 2.38. The fraction of sp³-hybridized carbons (Fsp3) is 0.0833. The maximum Gasteiger partial charge on any atom is 0.0357 e. The molecule has 0 amide bonds. The van der Waals surface area contributed by atoms with E-state index in [-0.39, 0.29) is 5.41 Å². The Kier molecular flexibility index (Phi) is 4.77. The van der Waals surface area contributed by atoms with Gasteiger partial charge in [-0.15, -0.1) is 0 Å². The molecule has 0 nitrogen and oxygen atoms in total. The van der Waals surface area contributed by atoms with Crippen molar-refractivity contribution in [2.45, 2.75) is 12.3 Å². The number of hydrogen-bond acceptors (Lipinski definition) is 0. The summed E-state index contributed by atoms with van der Waals surface area (Å²) in [4.78, 5) is 0. The first-order valence-corrected chi connectivity index (χ1v) is 8.25. The Hall–Kier alpha value is -2.86. The van der Waals surface area contributed by atoms with Crippen LogP contribution in [0.4, 0.5) is 0 Å². The lowest BCUT2D eigenvalue weighted by molar-refractivity contribution is 0.786. The van der Waals surface area contributed by atoms with Gasteiger partial charge in [-0.3, -0.25) is 0 Å². The quantitative estimate of drug-likeness (QED) is 0.513. The van der Waals surface area contributed by atoms with Gasteiger partial charge in [0, 0.05) is 5.41 Å². The fourth-order valence-electron chi connectivity index (χ4n) is 2.92. The van der Waals surface area contributed by atoms with E-state index in [0.29, 0.717) is 0 Å². The van der Waals surface area contributed by atoms with Gasteiger partial charge in [-0.1, -0.05) is 110 Å². The Balaban J connectivity index is 2.05. The molecule has 3 aromatic carbocycles. The van der Waals surface area contributed by atoms with Crippen LogP contribution in [0.1, 0.15) is 23.6 Å². The summed E-state index contributed by atoms with van der Waals surface area (Å²) < 4.78 is 0. The minimum absolute atomic E-state index is 0.265. The fourth-order valence-corrected chi connectivity index (χ4v) is 2.92. The minimum atomic E-state index is -0.265. The monoisotopic (exact) mass is 310 g/mol. The lowest BCUT2D eigenvalue weighted by atomic mass is 9.73. The molecule has 0 heterocycles. The number of hydrogen-bond donors (Lipinski definition) is 0. The van der Waals surface area contributed by atoms with Gasteiger partial charge in [-0.25, -0.2) is 0 Å². The zero-order valence-electron chi connectivity index (χ0n) is 14.0. The zero-order chi connectivity index (χ0) is 16.8. The molecule has 24 heavy (non-hydrogen) atoms. The Labute approximate surface area is 144 Å². The first-order chi connectivity index (χ1) is 11.7. The molecular formula is C24H22. The average Bonchev–Trinajstić information content (AvgIpc) is 2.68. The van der Waals surface area contributed by atoms with Crippen molar-refractivity contribution < 1.29 is 0 Å². The largest absolute Gasteiger partial charge is 0.0940 e. The molecule has 0 saturated heterocycles. The Morgan fingerprint density at radius 3 is 1.83 bits per heavy atom. The minimum Gasteiger partial charge on any atom is -0.0940 e. The van der Waals surface area contributed by atoms with Gasteiger partial charge in [-0.2, -0.15) is 0 Å². The average molecular weight is 310 g/mol. The second-order valence-electron chi connectivity index (χ2n) is 6.16. The molecule has 0 saturated carbocycles. The molecule has 1 unspecified atom stereocenters. The van der Waals surface area contributed by atoms with Gasteiger partial charge in [0.05, 0.1) is 0 Å². The summed E-state index contributed by atoms with van der Waals surface area (Å²) in [5, 5.41) is 0. The molecule has 3 aromatic rings. The van der Waals surface area contributed by atoms with Crippen LogP contribution in [0.2, 0.25) is 0 Å². The van der Waals surface area contributed by atoms with Crippen molar-refractivity contribution in [3.63, 3.8) is 0 Å². The van der Waals surface area contributed by atoms with Crippen molar-refractivity contribution in [1.29, 1.82) is 0 Å². The summed E-state index contributed by atoms with van der Waals surface area (Å²) in [5.41, 5.74) is 4.44. The lowest BCUT2D eigenvalue weighted by Gasteiger charge is -2.30. The maximum atomic E-state index is 4.43. The molecular weight excluding hydrogens is 288 g/mol. The van der Waals surface area contributed by atoms with E-state index in [1.165, 1.54) is 16.7 Å². The number of benzene rings is 3. The van der Waals surface area contributed by atoms with Crippen LogP contribution in [-0.2, 0) is 5.41 Å². The molecule has 118 valence electrons. The molecule has 3 rings (SSSR count). The molecule has 0 fully saturated rings. The van der Waals surface area contributed by atoms with Crippen molar-refractivity contribution in [3.05, 3.63) is 120 Å². The van der Waals surface area contributed by atoms with E-state index < -0.39 is 0 Å². The van der Waals surface area contributed by atoms with Crippen LogP contribution < -0.4 is 0 Å². The van der Waals surface area contributed by atoms with Crippen LogP contribution in [0.25, 0.3) is 11.6 Å². The molecule has 0 aromatic heterocycles. The Morgan fingerprint density at radius 1 is 0.750 bits per heavy atom. The van der Waals surface area contributed by atoms with Crippen LogP contribution in [0.15, 0.2) is 104 Å². The summed E-state index contributed by atoms with van der Waals surface area (Å²) in [6.45, 7) is 6.67. The van der Waals surface area contributed by atoms with Crippen molar-refractivity contribution in [2.75, 3.05) is 0 Å². The molecule has 0 aliphatic carbocycles. The van der Waals surface area contributed by atoms with E-state index in [2.05, 4.69) is 105 Å². The van der Waals surface area contributed by atoms with Gasteiger partial charge in [0.2, 0.25) is 0 Å². The summed E-state index contributed by atoms with van der Waals surface area (Å²) >= 11 is 0. The molecule has 0 N–H and O–H groups in total. The first kappa shape index (κ1) is 16.0.